The predicted molar refractivity (Wildman–Crippen MR) is 82.0 cm³/mol. The lowest BCUT2D eigenvalue weighted by Crippen LogP contribution is -2.51. The van der Waals surface area contributed by atoms with E-state index in [-0.39, 0.29) is 5.92 Å². The fourth-order valence-electron chi connectivity index (χ4n) is 2.40. The van der Waals surface area contributed by atoms with Gasteiger partial charge in [0.15, 0.2) is 0 Å². The first-order valence-corrected chi connectivity index (χ1v) is 7.39. The van der Waals surface area contributed by atoms with Crippen LogP contribution in [0.3, 0.4) is 0 Å². The second kappa shape index (κ2) is 6.54. The molecule has 2 atom stereocenters. The van der Waals surface area contributed by atoms with Gasteiger partial charge in [-0.2, -0.15) is 0 Å². The minimum atomic E-state index is -0.992. The molecule has 0 saturated carbocycles. The number of nitrogens with one attached hydrogen (secondary N) is 1. The molecule has 1 aliphatic heterocycles. The number of rotatable bonds is 2. The average Bonchev–Trinajstić information content (AvgIpc) is 2.42. The number of urea groups is 1. The number of nitrogens with zero attached hydrogens (tertiary/aromatic N) is 1. The van der Waals surface area contributed by atoms with Crippen LogP contribution in [0.4, 0.5) is 10.5 Å². The van der Waals surface area contributed by atoms with Crippen molar-refractivity contribution in [3.8, 4) is 0 Å². The number of hydrogen-bond donors (Lipinski definition) is 2. The number of carbonyl (C=O) groups is 2. The van der Waals surface area contributed by atoms with E-state index in [0.29, 0.717) is 28.7 Å². The Labute approximate surface area is 132 Å². The Morgan fingerprint density at radius 3 is 2.76 bits per heavy atom. The summed E-state index contributed by atoms with van der Waals surface area (Å²) in [4.78, 5) is 25.0. The maximum absolute atomic E-state index is 12.3. The highest BCUT2D eigenvalue weighted by atomic mass is 35.5. The average molecular weight is 331 g/mol. The Kier molecular flexibility index (Phi) is 4.96. The van der Waals surface area contributed by atoms with E-state index in [1.807, 2.05) is 6.92 Å². The van der Waals surface area contributed by atoms with Crippen molar-refractivity contribution < 1.29 is 14.7 Å². The Bertz CT molecular complexity index is 565. The van der Waals surface area contributed by atoms with Gasteiger partial charge in [0.2, 0.25) is 0 Å². The van der Waals surface area contributed by atoms with Gasteiger partial charge in [0.1, 0.15) is 6.04 Å². The van der Waals surface area contributed by atoms with E-state index in [2.05, 4.69) is 5.32 Å². The van der Waals surface area contributed by atoms with Crippen molar-refractivity contribution in [2.24, 2.45) is 5.92 Å². The number of piperidine rings is 1. The van der Waals surface area contributed by atoms with E-state index in [1.165, 1.54) is 11.0 Å². The van der Waals surface area contributed by atoms with Crippen molar-refractivity contribution in [3.05, 3.63) is 28.2 Å². The van der Waals surface area contributed by atoms with Crippen molar-refractivity contribution in [2.75, 3.05) is 11.9 Å². The monoisotopic (exact) mass is 330 g/mol. The van der Waals surface area contributed by atoms with Crippen LogP contribution < -0.4 is 5.32 Å². The Hall–Kier alpha value is -1.46. The van der Waals surface area contributed by atoms with Crippen LogP contribution in [0.5, 0.6) is 0 Å². The summed E-state index contributed by atoms with van der Waals surface area (Å²) in [6, 6.07) is 3.43. The molecule has 5 nitrogen and oxygen atoms in total. The van der Waals surface area contributed by atoms with Crippen molar-refractivity contribution in [3.63, 3.8) is 0 Å². The van der Waals surface area contributed by atoms with Crippen LogP contribution >= 0.6 is 23.2 Å². The number of aliphatic carboxylic acids is 1. The summed E-state index contributed by atoms with van der Waals surface area (Å²) in [5.74, 6) is -0.709. The number of carboxylic acids is 1. The van der Waals surface area contributed by atoms with E-state index >= 15 is 0 Å². The number of carboxylic acid groups (broad SMARTS) is 1. The highest BCUT2D eigenvalue weighted by Crippen LogP contribution is 2.27. The first-order chi connectivity index (χ1) is 9.88. The molecule has 21 heavy (non-hydrogen) atoms. The molecule has 0 bridgehead atoms. The summed E-state index contributed by atoms with van der Waals surface area (Å²) < 4.78 is 0. The lowest BCUT2D eigenvalue weighted by molar-refractivity contribution is -0.143. The topological polar surface area (TPSA) is 69.6 Å². The van der Waals surface area contributed by atoms with Crippen molar-refractivity contribution >= 4 is 40.9 Å². The van der Waals surface area contributed by atoms with Gasteiger partial charge in [0.05, 0.1) is 10.7 Å². The molecule has 0 radical (unpaired) electrons. The molecular weight excluding hydrogens is 315 g/mol. The Balaban J connectivity index is 2.15. The van der Waals surface area contributed by atoms with Gasteiger partial charge in [-0.25, -0.2) is 9.59 Å². The van der Waals surface area contributed by atoms with Crippen molar-refractivity contribution in [1.29, 1.82) is 0 Å². The number of amides is 2. The lowest BCUT2D eigenvalue weighted by atomic mass is 9.93. The zero-order valence-electron chi connectivity index (χ0n) is 11.5. The number of likely N-dealkylation sites (tertiary alicyclic amines) is 1. The predicted octanol–water partition coefficient (Wildman–Crippen LogP) is 3.71. The third-order valence-corrected chi connectivity index (χ3v) is 4.15. The SMILES string of the molecule is CC1CCN(C(=O)Nc2cc(Cl)ccc2Cl)C(C(=O)O)C1. The van der Waals surface area contributed by atoms with E-state index in [1.54, 1.807) is 12.1 Å². The van der Waals surface area contributed by atoms with Gasteiger partial charge in [-0.1, -0.05) is 30.1 Å². The fraction of sp³-hybridized carbons (Fsp3) is 0.429. The first-order valence-electron chi connectivity index (χ1n) is 6.64. The molecule has 2 N–H and O–H groups in total. The summed E-state index contributed by atoms with van der Waals surface area (Å²) >= 11 is 11.9. The molecule has 1 fully saturated rings. The van der Waals surface area contributed by atoms with Gasteiger partial charge in [-0.15, -0.1) is 0 Å². The van der Waals surface area contributed by atoms with Crippen LogP contribution in [-0.2, 0) is 4.79 Å². The lowest BCUT2D eigenvalue weighted by Gasteiger charge is -2.35. The summed E-state index contributed by atoms with van der Waals surface area (Å²) in [5.41, 5.74) is 0.372. The van der Waals surface area contributed by atoms with E-state index in [4.69, 9.17) is 23.2 Å². The molecule has 0 aliphatic carbocycles. The number of carbonyl (C=O) groups excluding carboxylic acids is 1. The summed E-state index contributed by atoms with van der Waals surface area (Å²) in [6.07, 6.45) is 1.23. The van der Waals surface area contributed by atoms with Gasteiger partial charge in [0.25, 0.3) is 0 Å². The number of hydrogen-bond acceptors (Lipinski definition) is 2. The normalized spacial score (nSPS) is 22.0. The van der Waals surface area contributed by atoms with Crippen LogP contribution in [0.15, 0.2) is 18.2 Å². The highest BCUT2D eigenvalue weighted by Gasteiger charge is 2.34. The molecule has 2 rings (SSSR count). The second-order valence-electron chi connectivity index (χ2n) is 5.23. The fourth-order valence-corrected chi connectivity index (χ4v) is 2.74. The molecule has 2 amide bonds. The zero-order valence-corrected chi connectivity index (χ0v) is 13.0. The molecular formula is C14H16Cl2N2O3. The van der Waals surface area contributed by atoms with Crippen molar-refractivity contribution in [2.45, 2.75) is 25.8 Å². The molecule has 1 aliphatic rings. The van der Waals surface area contributed by atoms with Crippen LogP contribution in [-0.4, -0.2) is 34.6 Å². The quantitative estimate of drug-likeness (QED) is 0.868. The van der Waals surface area contributed by atoms with Gasteiger partial charge in [-0.05, 0) is 37.0 Å². The number of benzene rings is 1. The Morgan fingerprint density at radius 1 is 1.38 bits per heavy atom. The smallest absolute Gasteiger partial charge is 0.326 e. The van der Waals surface area contributed by atoms with Crippen LogP contribution in [0, 0.1) is 5.92 Å². The zero-order chi connectivity index (χ0) is 15.6. The van der Waals surface area contributed by atoms with Gasteiger partial charge >= 0.3 is 12.0 Å². The number of anilines is 1. The molecule has 0 aromatic heterocycles. The molecule has 114 valence electrons. The summed E-state index contributed by atoms with van der Waals surface area (Å²) in [5, 5.41) is 12.7. The molecule has 7 heteroatoms. The largest absolute Gasteiger partial charge is 0.480 e. The number of halogens is 2. The third kappa shape index (κ3) is 3.80. The van der Waals surface area contributed by atoms with Gasteiger partial charge < -0.3 is 15.3 Å². The van der Waals surface area contributed by atoms with Crippen LogP contribution in [0.1, 0.15) is 19.8 Å². The van der Waals surface area contributed by atoms with Gasteiger partial charge in [-0.3, -0.25) is 0 Å². The first kappa shape index (κ1) is 15.9. The molecule has 1 aromatic carbocycles. The third-order valence-electron chi connectivity index (χ3n) is 3.58. The molecule has 2 unspecified atom stereocenters. The van der Waals surface area contributed by atoms with Crippen LogP contribution in [0.2, 0.25) is 10.0 Å². The molecule has 1 saturated heterocycles. The maximum Gasteiger partial charge on any atom is 0.326 e. The summed E-state index contributed by atoms with van der Waals surface area (Å²) in [6.45, 7) is 2.39. The summed E-state index contributed by atoms with van der Waals surface area (Å²) in [7, 11) is 0. The Morgan fingerprint density at radius 2 is 2.10 bits per heavy atom. The minimum absolute atomic E-state index is 0.282. The standard InChI is InChI=1S/C14H16Cl2N2O3/c1-8-4-5-18(12(6-8)13(19)20)14(21)17-11-7-9(15)2-3-10(11)16/h2-3,7-8,12H,4-6H2,1H3,(H,17,21)(H,19,20). The van der Waals surface area contributed by atoms with E-state index in [0.717, 1.165) is 6.42 Å². The van der Waals surface area contributed by atoms with Crippen LogP contribution in [0.25, 0.3) is 0 Å². The molecule has 1 heterocycles. The minimum Gasteiger partial charge on any atom is -0.480 e. The molecule has 0 spiro atoms. The maximum atomic E-state index is 12.3. The van der Waals surface area contributed by atoms with E-state index < -0.39 is 18.0 Å². The van der Waals surface area contributed by atoms with Gasteiger partial charge in [0, 0.05) is 11.6 Å². The molecule has 1 aromatic rings. The van der Waals surface area contributed by atoms with Crippen molar-refractivity contribution in [1.82, 2.24) is 4.90 Å². The second-order valence-corrected chi connectivity index (χ2v) is 6.07. The highest BCUT2D eigenvalue weighted by molar-refractivity contribution is 6.35. The van der Waals surface area contributed by atoms with E-state index in [9.17, 15) is 14.7 Å².